The second-order valence-corrected chi connectivity index (χ2v) is 6.39. The molecule has 2 aliphatic carbocycles. The number of morpholine rings is 1. The molecule has 0 radical (unpaired) electrons. The van der Waals surface area contributed by atoms with E-state index in [1.54, 1.807) is 4.90 Å². The van der Waals surface area contributed by atoms with Gasteiger partial charge < -0.3 is 14.7 Å². The third-order valence-electron chi connectivity index (χ3n) is 5.07. The molecule has 3 atom stereocenters. The van der Waals surface area contributed by atoms with Gasteiger partial charge in [0.1, 0.15) is 0 Å². The number of aliphatic carboxylic acids is 1. The summed E-state index contributed by atoms with van der Waals surface area (Å²) in [5.41, 5.74) is 0. The second-order valence-electron chi connectivity index (χ2n) is 6.39. The van der Waals surface area contributed by atoms with E-state index in [-0.39, 0.29) is 18.4 Å². The summed E-state index contributed by atoms with van der Waals surface area (Å²) in [6.45, 7) is 1.09. The zero-order valence-electron chi connectivity index (χ0n) is 11.8. The predicted octanol–water partition coefficient (Wildman–Crippen LogP) is 1.51. The van der Waals surface area contributed by atoms with Crippen molar-refractivity contribution in [3.63, 3.8) is 0 Å². The molecule has 3 aliphatic rings. The number of hydrogen-bond acceptors (Lipinski definition) is 3. The van der Waals surface area contributed by atoms with E-state index < -0.39 is 12.1 Å². The molecule has 1 N–H and O–H groups in total. The normalized spacial score (nSPS) is 34.8. The van der Waals surface area contributed by atoms with Crippen LogP contribution < -0.4 is 0 Å². The van der Waals surface area contributed by atoms with Crippen LogP contribution in [0.4, 0.5) is 0 Å². The fourth-order valence-corrected chi connectivity index (χ4v) is 3.82. The Kier molecular flexibility index (Phi) is 3.96. The Morgan fingerprint density at radius 2 is 1.90 bits per heavy atom. The maximum absolute atomic E-state index is 12.5. The van der Waals surface area contributed by atoms with E-state index >= 15 is 0 Å². The fraction of sp³-hybridized carbons (Fsp3) is 0.867. The lowest BCUT2D eigenvalue weighted by molar-refractivity contribution is -0.159. The van der Waals surface area contributed by atoms with Gasteiger partial charge in [0.15, 0.2) is 6.10 Å². The van der Waals surface area contributed by atoms with Gasteiger partial charge >= 0.3 is 5.97 Å². The number of hydrogen-bond donors (Lipinski definition) is 1. The SMILES string of the molecule is O=C(O)[C@@H]1CN(C(=O)[C@H]2C[C@@H]2C2CCCCC2)CCO1. The summed E-state index contributed by atoms with van der Waals surface area (Å²) < 4.78 is 5.17. The molecule has 0 aromatic rings. The van der Waals surface area contributed by atoms with E-state index in [9.17, 15) is 9.59 Å². The topological polar surface area (TPSA) is 66.8 Å². The Hall–Kier alpha value is -1.10. The molecule has 0 bridgehead atoms. The van der Waals surface area contributed by atoms with E-state index in [0.29, 0.717) is 19.1 Å². The van der Waals surface area contributed by atoms with Crippen LogP contribution in [0.2, 0.25) is 0 Å². The molecule has 0 unspecified atom stereocenters. The molecule has 0 aromatic heterocycles. The van der Waals surface area contributed by atoms with Gasteiger partial charge in [-0.3, -0.25) is 4.79 Å². The molecule has 0 spiro atoms. The first-order valence-corrected chi connectivity index (χ1v) is 7.80. The summed E-state index contributed by atoms with van der Waals surface area (Å²) in [7, 11) is 0. The van der Waals surface area contributed by atoms with E-state index in [1.807, 2.05) is 0 Å². The molecule has 3 rings (SSSR count). The first-order valence-electron chi connectivity index (χ1n) is 7.80. The maximum atomic E-state index is 12.5. The van der Waals surface area contributed by atoms with Crippen molar-refractivity contribution < 1.29 is 19.4 Å². The van der Waals surface area contributed by atoms with Crippen molar-refractivity contribution >= 4 is 11.9 Å². The van der Waals surface area contributed by atoms with Crippen molar-refractivity contribution in [3.8, 4) is 0 Å². The lowest BCUT2D eigenvalue weighted by Crippen LogP contribution is -2.49. The largest absolute Gasteiger partial charge is 0.479 e. The van der Waals surface area contributed by atoms with Crippen LogP contribution in [0.3, 0.4) is 0 Å². The molecule has 5 nitrogen and oxygen atoms in total. The van der Waals surface area contributed by atoms with Crippen molar-refractivity contribution in [2.75, 3.05) is 19.7 Å². The highest BCUT2D eigenvalue weighted by Crippen LogP contribution is 2.50. The molecule has 2 saturated carbocycles. The van der Waals surface area contributed by atoms with Crippen LogP contribution >= 0.6 is 0 Å². The van der Waals surface area contributed by atoms with Crippen molar-refractivity contribution in [2.24, 2.45) is 17.8 Å². The third kappa shape index (κ3) is 2.82. The maximum Gasteiger partial charge on any atom is 0.334 e. The zero-order chi connectivity index (χ0) is 14.1. The second kappa shape index (κ2) is 5.72. The molecular formula is C15H23NO4. The highest BCUT2D eigenvalue weighted by atomic mass is 16.5. The van der Waals surface area contributed by atoms with E-state index in [2.05, 4.69) is 0 Å². The molecule has 112 valence electrons. The monoisotopic (exact) mass is 281 g/mol. The van der Waals surface area contributed by atoms with E-state index in [1.165, 1.54) is 32.1 Å². The van der Waals surface area contributed by atoms with Crippen LogP contribution in [0.15, 0.2) is 0 Å². The smallest absolute Gasteiger partial charge is 0.334 e. The Morgan fingerprint density at radius 1 is 1.15 bits per heavy atom. The lowest BCUT2D eigenvalue weighted by Gasteiger charge is -2.31. The molecule has 1 aliphatic heterocycles. The number of carboxylic acids is 1. The summed E-state index contributed by atoms with van der Waals surface area (Å²) in [4.78, 5) is 25.1. The summed E-state index contributed by atoms with van der Waals surface area (Å²) >= 11 is 0. The minimum Gasteiger partial charge on any atom is -0.479 e. The fourth-order valence-electron chi connectivity index (χ4n) is 3.82. The molecule has 3 fully saturated rings. The Morgan fingerprint density at radius 3 is 2.60 bits per heavy atom. The highest BCUT2D eigenvalue weighted by molar-refractivity contribution is 5.83. The third-order valence-corrected chi connectivity index (χ3v) is 5.07. The first-order chi connectivity index (χ1) is 9.66. The van der Waals surface area contributed by atoms with E-state index in [0.717, 1.165) is 12.3 Å². The zero-order valence-corrected chi connectivity index (χ0v) is 11.8. The Labute approximate surface area is 119 Å². The van der Waals surface area contributed by atoms with Gasteiger partial charge in [-0.1, -0.05) is 32.1 Å². The van der Waals surface area contributed by atoms with Gasteiger partial charge in [-0.25, -0.2) is 4.79 Å². The van der Waals surface area contributed by atoms with Crippen LogP contribution in [0.1, 0.15) is 38.5 Å². The number of amides is 1. The summed E-state index contributed by atoms with van der Waals surface area (Å²) in [5.74, 6) is 0.644. The van der Waals surface area contributed by atoms with Crippen LogP contribution in [0.25, 0.3) is 0 Å². The van der Waals surface area contributed by atoms with Gasteiger partial charge in [0.2, 0.25) is 5.91 Å². The Bertz CT molecular complexity index is 391. The minimum atomic E-state index is -0.970. The highest BCUT2D eigenvalue weighted by Gasteiger charge is 2.49. The summed E-state index contributed by atoms with van der Waals surface area (Å²) in [6, 6.07) is 0. The predicted molar refractivity (Wildman–Crippen MR) is 72.1 cm³/mol. The van der Waals surface area contributed by atoms with Gasteiger partial charge in [-0.15, -0.1) is 0 Å². The van der Waals surface area contributed by atoms with Gasteiger partial charge in [0, 0.05) is 12.5 Å². The number of carbonyl (C=O) groups is 2. The standard InChI is InChI=1S/C15H23NO4/c17-14(16-6-7-20-13(9-16)15(18)19)12-8-11(12)10-4-2-1-3-5-10/h10-13H,1-9H2,(H,18,19)/t11-,12+,13+/m1/s1. The van der Waals surface area contributed by atoms with Crippen molar-refractivity contribution in [3.05, 3.63) is 0 Å². The summed E-state index contributed by atoms with van der Waals surface area (Å²) in [5, 5.41) is 8.98. The van der Waals surface area contributed by atoms with Crippen LogP contribution in [0, 0.1) is 17.8 Å². The molecule has 0 aromatic carbocycles. The number of ether oxygens (including phenoxy) is 1. The average molecular weight is 281 g/mol. The number of nitrogens with zero attached hydrogens (tertiary/aromatic N) is 1. The van der Waals surface area contributed by atoms with Crippen molar-refractivity contribution in [2.45, 2.75) is 44.6 Å². The molecule has 1 saturated heterocycles. The average Bonchev–Trinajstić information content (AvgIpc) is 3.28. The molecule has 1 heterocycles. The first kappa shape index (κ1) is 13.9. The number of rotatable bonds is 3. The van der Waals surface area contributed by atoms with Crippen LogP contribution in [0.5, 0.6) is 0 Å². The lowest BCUT2D eigenvalue weighted by atomic mass is 9.85. The molecule has 5 heteroatoms. The van der Waals surface area contributed by atoms with Crippen molar-refractivity contribution in [1.29, 1.82) is 0 Å². The van der Waals surface area contributed by atoms with Crippen LogP contribution in [-0.4, -0.2) is 47.7 Å². The van der Waals surface area contributed by atoms with Crippen LogP contribution in [-0.2, 0) is 14.3 Å². The van der Waals surface area contributed by atoms with Gasteiger partial charge in [-0.2, -0.15) is 0 Å². The molecular weight excluding hydrogens is 258 g/mol. The summed E-state index contributed by atoms with van der Waals surface area (Å²) in [6.07, 6.45) is 6.66. The molecule has 1 amide bonds. The van der Waals surface area contributed by atoms with Gasteiger partial charge in [0.05, 0.1) is 13.2 Å². The quantitative estimate of drug-likeness (QED) is 0.851. The van der Waals surface area contributed by atoms with E-state index in [4.69, 9.17) is 9.84 Å². The van der Waals surface area contributed by atoms with Gasteiger partial charge in [-0.05, 0) is 18.3 Å². The minimum absolute atomic E-state index is 0.158. The van der Waals surface area contributed by atoms with Gasteiger partial charge in [0.25, 0.3) is 0 Å². The number of carbonyl (C=O) groups excluding carboxylic acids is 1. The number of carboxylic acid groups (broad SMARTS) is 1. The Balaban J connectivity index is 1.53. The molecule has 20 heavy (non-hydrogen) atoms. The van der Waals surface area contributed by atoms with Crippen molar-refractivity contribution in [1.82, 2.24) is 4.90 Å².